The maximum Gasteiger partial charge on any atom is 0.188 e. The topological polar surface area (TPSA) is 29.5 Å². The fourth-order valence-electron chi connectivity index (χ4n) is 1.01. The van der Waals surface area contributed by atoms with Crippen LogP contribution in [-0.2, 0) is 4.43 Å². The molecule has 0 aromatic heterocycles. The van der Waals surface area contributed by atoms with E-state index in [0.29, 0.717) is 6.61 Å². The van der Waals surface area contributed by atoms with E-state index in [1.54, 1.807) is 0 Å². The molecule has 76 valence electrons. The lowest BCUT2D eigenvalue weighted by molar-refractivity contribution is 0.345. The molecule has 0 aliphatic carbocycles. The lowest BCUT2D eigenvalue weighted by Gasteiger charge is -2.20. The van der Waals surface area contributed by atoms with E-state index in [-0.39, 0.29) is 6.61 Å². The molecule has 13 heavy (non-hydrogen) atoms. The predicted octanol–water partition coefficient (Wildman–Crippen LogP) is 2.00. The summed E-state index contributed by atoms with van der Waals surface area (Å²) in [5.41, 5.74) is 0. The Labute approximate surface area is 82.4 Å². The van der Waals surface area contributed by atoms with Crippen LogP contribution in [0.5, 0.6) is 0 Å². The number of aliphatic hydroxyl groups excluding tert-OH is 1. The van der Waals surface area contributed by atoms with Crippen molar-refractivity contribution in [2.24, 2.45) is 0 Å². The number of aliphatic hydroxyl groups is 1. The van der Waals surface area contributed by atoms with Crippen LogP contribution in [0.1, 0.15) is 19.8 Å². The smallest absolute Gasteiger partial charge is 0.188 e. The Bertz CT molecular complexity index is 179. The van der Waals surface area contributed by atoms with Gasteiger partial charge in [0.2, 0.25) is 0 Å². The molecule has 0 saturated carbocycles. The van der Waals surface area contributed by atoms with Crippen molar-refractivity contribution in [1.82, 2.24) is 0 Å². The van der Waals surface area contributed by atoms with Gasteiger partial charge in [0, 0.05) is 0 Å². The third-order valence-corrected chi connectivity index (χ3v) is 4.36. The molecule has 0 amide bonds. The molecular formula is C10H20O2Si. The van der Waals surface area contributed by atoms with Crippen molar-refractivity contribution in [2.75, 3.05) is 13.2 Å². The largest absolute Gasteiger partial charge is 0.406 e. The Balaban J connectivity index is 3.61. The molecule has 0 bridgehead atoms. The molecule has 0 radical (unpaired) electrons. The molecule has 0 unspecified atom stereocenters. The fourth-order valence-corrected chi connectivity index (χ4v) is 2.83. The number of hydrogen-bond donors (Lipinski definition) is 1. The zero-order valence-corrected chi connectivity index (χ0v) is 9.89. The van der Waals surface area contributed by atoms with Crippen molar-refractivity contribution in [3.8, 4) is 11.8 Å². The van der Waals surface area contributed by atoms with Crippen molar-refractivity contribution in [3.05, 3.63) is 0 Å². The zero-order chi connectivity index (χ0) is 10.2. The molecule has 0 rings (SSSR count). The lowest BCUT2D eigenvalue weighted by Crippen LogP contribution is -2.30. The highest BCUT2D eigenvalue weighted by Gasteiger charge is 2.20. The van der Waals surface area contributed by atoms with Gasteiger partial charge in [-0.1, -0.05) is 31.6 Å². The predicted molar refractivity (Wildman–Crippen MR) is 58.0 cm³/mol. The van der Waals surface area contributed by atoms with Gasteiger partial charge in [-0.05, 0) is 19.1 Å². The quantitative estimate of drug-likeness (QED) is 0.543. The lowest BCUT2D eigenvalue weighted by atomic mass is 10.4. The molecule has 0 aromatic carbocycles. The van der Waals surface area contributed by atoms with Crippen molar-refractivity contribution in [3.63, 3.8) is 0 Å². The van der Waals surface area contributed by atoms with Gasteiger partial charge in [-0.25, -0.2) is 0 Å². The maximum absolute atomic E-state index is 8.42. The van der Waals surface area contributed by atoms with Crippen LogP contribution in [0, 0.1) is 11.8 Å². The van der Waals surface area contributed by atoms with Crippen molar-refractivity contribution >= 4 is 8.32 Å². The van der Waals surface area contributed by atoms with Crippen LogP contribution in [0.15, 0.2) is 0 Å². The summed E-state index contributed by atoms with van der Waals surface area (Å²) < 4.78 is 5.69. The van der Waals surface area contributed by atoms with Crippen LogP contribution in [0.4, 0.5) is 0 Å². The van der Waals surface area contributed by atoms with Crippen LogP contribution >= 0.6 is 0 Å². The summed E-state index contributed by atoms with van der Waals surface area (Å²) in [6.45, 7) is 7.02. The van der Waals surface area contributed by atoms with E-state index in [2.05, 4.69) is 31.9 Å². The Morgan fingerprint density at radius 3 is 2.54 bits per heavy atom. The van der Waals surface area contributed by atoms with Gasteiger partial charge in [0.1, 0.15) is 6.61 Å². The van der Waals surface area contributed by atoms with Crippen LogP contribution < -0.4 is 0 Å². The Hall–Kier alpha value is -0.303. The second-order valence-electron chi connectivity index (χ2n) is 3.66. The molecule has 0 aliphatic heterocycles. The molecule has 0 saturated heterocycles. The van der Waals surface area contributed by atoms with E-state index in [1.165, 1.54) is 18.9 Å². The Morgan fingerprint density at radius 2 is 2.00 bits per heavy atom. The summed E-state index contributed by atoms with van der Waals surface area (Å²) in [4.78, 5) is 0. The average Bonchev–Trinajstić information content (AvgIpc) is 2.09. The molecule has 0 aromatic rings. The van der Waals surface area contributed by atoms with Gasteiger partial charge in [0.25, 0.3) is 0 Å². The minimum Gasteiger partial charge on any atom is -0.406 e. The molecule has 2 nitrogen and oxygen atoms in total. The molecule has 0 fully saturated rings. The fraction of sp³-hybridized carbons (Fsp3) is 0.800. The Kier molecular flexibility index (Phi) is 6.97. The summed E-state index contributed by atoms with van der Waals surface area (Å²) >= 11 is 0. The van der Waals surface area contributed by atoms with Gasteiger partial charge < -0.3 is 9.53 Å². The second kappa shape index (κ2) is 7.13. The molecule has 0 atom stereocenters. The standard InChI is InChI=1S/C10H20O2Si/c1-4-5-10-13(2,3)12-9-7-6-8-11/h11H,4-5,8-10H2,1-3H3. The van der Waals surface area contributed by atoms with E-state index in [0.717, 1.165) is 0 Å². The molecule has 0 heterocycles. The average molecular weight is 200 g/mol. The third kappa shape index (κ3) is 8.04. The van der Waals surface area contributed by atoms with E-state index >= 15 is 0 Å². The van der Waals surface area contributed by atoms with Gasteiger partial charge in [-0.2, -0.15) is 0 Å². The van der Waals surface area contributed by atoms with Crippen LogP contribution in [0.25, 0.3) is 0 Å². The summed E-state index contributed by atoms with van der Waals surface area (Å²) in [7, 11) is -1.46. The van der Waals surface area contributed by atoms with Crippen LogP contribution in [0.2, 0.25) is 19.1 Å². The van der Waals surface area contributed by atoms with E-state index in [1.807, 2.05) is 0 Å². The summed E-state index contributed by atoms with van der Waals surface area (Å²) in [5, 5.41) is 8.42. The molecule has 0 aliphatic rings. The van der Waals surface area contributed by atoms with Gasteiger partial charge in [-0.3, -0.25) is 0 Å². The zero-order valence-electron chi connectivity index (χ0n) is 8.89. The van der Waals surface area contributed by atoms with Gasteiger partial charge >= 0.3 is 0 Å². The first kappa shape index (κ1) is 12.7. The highest BCUT2D eigenvalue weighted by Crippen LogP contribution is 2.14. The minimum atomic E-state index is -1.46. The summed E-state index contributed by atoms with van der Waals surface area (Å²) in [5.74, 6) is 5.36. The van der Waals surface area contributed by atoms with Crippen molar-refractivity contribution < 1.29 is 9.53 Å². The van der Waals surface area contributed by atoms with Gasteiger partial charge in [0.05, 0.1) is 6.61 Å². The minimum absolute atomic E-state index is 0.0691. The normalized spacial score (nSPS) is 10.8. The van der Waals surface area contributed by atoms with Crippen molar-refractivity contribution in [1.29, 1.82) is 0 Å². The third-order valence-electron chi connectivity index (χ3n) is 1.87. The van der Waals surface area contributed by atoms with E-state index < -0.39 is 8.32 Å². The monoisotopic (exact) mass is 200 g/mol. The highest BCUT2D eigenvalue weighted by molar-refractivity contribution is 6.71. The molecule has 0 spiro atoms. The number of hydrogen-bond acceptors (Lipinski definition) is 2. The van der Waals surface area contributed by atoms with Crippen LogP contribution in [0.3, 0.4) is 0 Å². The maximum atomic E-state index is 8.42. The molecular weight excluding hydrogens is 180 g/mol. The SMILES string of the molecule is CCCC[Si](C)(C)OCC#CCO. The second-order valence-corrected chi connectivity index (χ2v) is 7.97. The first-order valence-corrected chi connectivity index (χ1v) is 7.94. The number of unbranched alkanes of at least 4 members (excludes halogenated alkanes) is 1. The van der Waals surface area contributed by atoms with Gasteiger partial charge in [0.15, 0.2) is 8.32 Å². The Morgan fingerprint density at radius 1 is 1.31 bits per heavy atom. The number of rotatable bonds is 5. The van der Waals surface area contributed by atoms with Gasteiger partial charge in [-0.15, -0.1) is 0 Å². The first-order valence-electron chi connectivity index (χ1n) is 4.83. The highest BCUT2D eigenvalue weighted by atomic mass is 28.4. The first-order chi connectivity index (χ1) is 6.12. The summed E-state index contributed by atoms with van der Waals surface area (Å²) in [6.07, 6.45) is 2.47. The summed E-state index contributed by atoms with van der Waals surface area (Å²) in [6, 6.07) is 1.20. The molecule has 1 N–H and O–H groups in total. The van der Waals surface area contributed by atoms with E-state index in [4.69, 9.17) is 9.53 Å². The van der Waals surface area contributed by atoms with Crippen LogP contribution in [-0.4, -0.2) is 26.6 Å². The molecule has 3 heteroatoms. The van der Waals surface area contributed by atoms with E-state index in [9.17, 15) is 0 Å². The van der Waals surface area contributed by atoms with Crippen molar-refractivity contribution in [2.45, 2.75) is 38.9 Å².